The monoisotopic (exact) mass is 110 g/mol. The van der Waals surface area contributed by atoms with Crippen molar-refractivity contribution in [3.8, 4) is 0 Å². The average molecular weight is 111 g/mol. The van der Waals surface area contributed by atoms with Crippen LogP contribution in [-0.2, 0) is 0 Å². The summed E-state index contributed by atoms with van der Waals surface area (Å²) in [7, 11) is 0. The maximum absolute atomic E-state index is 11.3. The Morgan fingerprint density at radius 1 is 1.83 bits per heavy atom. The van der Waals surface area contributed by atoms with Crippen molar-refractivity contribution in [3.05, 3.63) is 0 Å². The van der Waals surface area contributed by atoms with E-state index in [1.165, 1.54) is 0 Å². The topological polar surface area (TPSA) is 0 Å². The maximum Gasteiger partial charge on any atom is 0.106 e. The van der Waals surface area contributed by atoms with E-state index in [1.54, 1.807) is 0 Å². The molecule has 0 aromatic rings. The molecule has 0 nitrogen and oxygen atoms in total. The predicted molar refractivity (Wildman–Crippen MR) is 25.9 cm³/mol. The molecule has 1 atom stereocenters. The van der Waals surface area contributed by atoms with Crippen LogP contribution in [0, 0.1) is 0 Å². The first-order valence-electron chi connectivity index (χ1n) is 2.01. The van der Waals surface area contributed by atoms with Crippen LogP contribution in [0.15, 0.2) is 0 Å². The van der Waals surface area contributed by atoms with Crippen molar-refractivity contribution in [2.24, 2.45) is 0 Å². The van der Waals surface area contributed by atoms with Crippen LogP contribution in [0.3, 0.4) is 0 Å². The molecule has 0 heterocycles. The summed E-state index contributed by atoms with van der Waals surface area (Å²) in [6.07, 6.45) is 0.720. The molecule has 0 bridgehead atoms. The smallest absolute Gasteiger partial charge is 0.106 e. The first kappa shape index (κ1) is 6.22. The molecule has 0 aromatic carbocycles. The highest BCUT2D eigenvalue weighted by molar-refractivity contribution is 6.20. The quantitative estimate of drug-likeness (QED) is 0.477. The zero-order chi connectivity index (χ0) is 4.99. The second kappa shape index (κ2) is 3.41. The minimum absolute atomic E-state index is 0.259. The molecule has 0 rings (SSSR count). The van der Waals surface area contributed by atoms with Crippen LogP contribution in [0.1, 0.15) is 13.3 Å². The third kappa shape index (κ3) is 2.46. The van der Waals surface area contributed by atoms with E-state index in [-0.39, 0.29) is 5.38 Å². The van der Waals surface area contributed by atoms with Crippen molar-refractivity contribution in [1.82, 2.24) is 0 Å². The highest BCUT2D eigenvalue weighted by Crippen LogP contribution is 1.99. The Labute approximate surface area is 42.3 Å². The first-order valence-corrected chi connectivity index (χ1v) is 2.45. The fourth-order valence-corrected chi connectivity index (χ4v) is 0.109. The molecule has 0 saturated carbocycles. The highest BCUT2D eigenvalue weighted by Gasteiger charge is 1.95. The molecule has 0 spiro atoms. The van der Waals surface area contributed by atoms with E-state index in [9.17, 15) is 4.39 Å². The lowest BCUT2D eigenvalue weighted by atomic mass is 10.4. The Bertz CT molecular complexity index is 26.7. The summed E-state index contributed by atoms with van der Waals surface area (Å²) in [5.41, 5.74) is 0. The lowest BCUT2D eigenvalue weighted by Crippen LogP contribution is -1.95. The Hall–Kier alpha value is 0.220. The fraction of sp³-hybridized carbons (Fsp3) is 1.00. The Morgan fingerprint density at radius 3 is 2.33 bits per heavy atom. The van der Waals surface area contributed by atoms with Gasteiger partial charge in [-0.15, -0.1) is 11.6 Å². The van der Waals surface area contributed by atoms with E-state index in [4.69, 9.17) is 11.6 Å². The van der Waals surface area contributed by atoms with Crippen molar-refractivity contribution in [2.75, 3.05) is 6.67 Å². The first-order chi connectivity index (χ1) is 2.81. The number of halogens is 2. The van der Waals surface area contributed by atoms with Gasteiger partial charge in [0.05, 0.1) is 5.38 Å². The van der Waals surface area contributed by atoms with E-state index in [0.29, 0.717) is 0 Å². The van der Waals surface area contributed by atoms with Crippen LogP contribution in [0.4, 0.5) is 4.39 Å². The summed E-state index contributed by atoms with van der Waals surface area (Å²) in [5.74, 6) is 0. The van der Waals surface area contributed by atoms with E-state index in [1.807, 2.05) is 6.92 Å². The molecule has 0 aromatic heterocycles. The van der Waals surface area contributed by atoms with Gasteiger partial charge in [-0.1, -0.05) is 6.92 Å². The van der Waals surface area contributed by atoms with Crippen molar-refractivity contribution in [2.45, 2.75) is 18.7 Å². The summed E-state index contributed by atoms with van der Waals surface area (Å²) in [4.78, 5) is 0. The van der Waals surface area contributed by atoms with Crippen molar-refractivity contribution in [3.63, 3.8) is 0 Å². The molecule has 0 saturated heterocycles. The minimum atomic E-state index is -0.405. The largest absolute Gasteiger partial charge is 0.249 e. The molecule has 6 heavy (non-hydrogen) atoms. The molecule has 0 aliphatic heterocycles. The Kier molecular flexibility index (Phi) is 3.54. The predicted octanol–water partition coefficient (Wildman–Crippen LogP) is 1.97. The molecule has 0 aliphatic rings. The zero-order valence-electron chi connectivity index (χ0n) is 3.75. The molecule has 0 N–H and O–H groups in total. The van der Waals surface area contributed by atoms with Gasteiger partial charge >= 0.3 is 0 Å². The molecular formula is C4H8ClF. The summed E-state index contributed by atoms with van der Waals surface area (Å²) in [6, 6.07) is 0. The van der Waals surface area contributed by atoms with Crippen LogP contribution in [0.2, 0.25) is 0 Å². The van der Waals surface area contributed by atoms with E-state index < -0.39 is 6.67 Å². The summed E-state index contributed by atoms with van der Waals surface area (Å²) >= 11 is 5.27. The van der Waals surface area contributed by atoms with Gasteiger partial charge in [0.1, 0.15) is 6.67 Å². The van der Waals surface area contributed by atoms with Gasteiger partial charge in [0.25, 0.3) is 0 Å². The fourth-order valence-electron chi connectivity index (χ4n) is 0.109. The molecular weight excluding hydrogens is 102 g/mol. The SMILES string of the molecule is CCC(Cl)CF. The van der Waals surface area contributed by atoms with Crippen molar-refractivity contribution in [1.29, 1.82) is 0 Å². The second-order valence-corrected chi connectivity index (χ2v) is 1.78. The number of hydrogen-bond acceptors (Lipinski definition) is 0. The Balaban J connectivity index is 2.75. The number of hydrogen-bond donors (Lipinski definition) is 0. The molecule has 38 valence electrons. The second-order valence-electron chi connectivity index (χ2n) is 1.16. The zero-order valence-corrected chi connectivity index (χ0v) is 4.50. The van der Waals surface area contributed by atoms with Gasteiger partial charge in [0.15, 0.2) is 0 Å². The highest BCUT2D eigenvalue weighted by atomic mass is 35.5. The molecule has 0 amide bonds. The van der Waals surface area contributed by atoms with Crippen LogP contribution < -0.4 is 0 Å². The lowest BCUT2D eigenvalue weighted by molar-refractivity contribution is 0.474. The van der Waals surface area contributed by atoms with Crippen LogP contribution in [0.5, 0.6) is 0 Å². The van der Waals surface area contributed by atoms with Crippen molar-refractivity contribution < 1.29 is 4.39 Å². The van der Waals surface area contributed by atoms with E-state index in [2.05, 4.69) is 0 Å². The third-order valence-electron chi connectivity index (χ3n) is 0.610. The summed E-state index contributed by atoms with van der Waals surface area (Å²) < 4.78 is 11.3. The minimum Gasteiger partial charge on any atom is -0.249 e. The van der Waals surface area contributed by atoms with Crippen LogP contribution >= 0.6 is 11.6 Å². The van der Waals surface area contributed by atoms with Gasteiger partial charge in [0.2, 0.25) is 0 Å². The van der Waals surface area contributed by atoms with Crippen molar-refractivity contribution >= 4 is 11.6 Å². The van der Waals surface area contributed by atoms with E-state index >= 15 is 0 Å². The van der Waals surface area contributed by atoms with Gasteiger partial charge in [-0.3, -0.25) is 0 Å². The molecule has 1 unspecified atom stereocenters. The van der Waals surface area contributed by atoms with Gasteiger partial charge in [-0.2, -0.15) is 0 Å². The van der Waals surface area contributed by atoms with Gasteiger partial charge in [-0.25, -0.2) is 4.39 Å². The lowest BCUT2D eigenvalue weighted by Gasteiger charge is -1.93. The van der Waals surface area contributed by atoms with E-state index in [0.717, 1.165) is 6.42 Å². The summed E-state index contributed by atoms with van der Waals surface area (Å²) in [6.45, 7) is 1.45. The molecule has 0 radical (unpaired) electrons. The van der Waals surface area contributed by atoms with Crippen LogP contribution in [-0.4, -0.2) is 12.1 Å². The molecule has 0 aliphatic carbocycles. The van der Waals surface area contributed by atoms with Gasteiger partial charge in [0, 0.05) is 0 Å². The average Bonchev–Trinajstić information content (AvgIpc) is 1.65. The molecule has 0 fully saturated rings. The maximum atomic E-state index is 11.3. The summed E-state index contributed by atoms with van der Waals surface area (Å²) in [5, 5.41) is -0.259. The van der Waals surface area contributed by atoms with Gasteiger partial charge in [-0.05, 0) is 6.42 Å². The molecule has 2 heteroatoms. The van der Waals surface area contributed by atoms with Gasteiger partial charge < -0.3 is 0 Å². The normalized spacial score (nSPS) is 14.5. The number of alkyl halides is 2. The number of rotatable bonds is 2. The Morgan fingerprint density at radius 2 is 2.33 bits per heavy atom. The third-order valence-corrected chi connectivity index (χ3v) is 1.04. The van der Waals surface area contributed by atoms with Crippen LogP contribution in [0.25, 0.3) is 0 Å². The standard InChI is InChI=1S/C4H8ClF/c1-2-4(5)3-6/h4H,2-3H2,1H3.